The predicted octanol–water partition coefficient (Wildman–Crippen LogP) is 4.21. The van der Waals surface area contributed by atoms with Crippen molar-refractivity contribution in [2.75, 3.05) is 0 Å². The Morgan fingerprint density at radius 1 is 1.04 bits per heavy atom. The summed E-state index contributed by atoms with van der Waals surface area (Å²) < 4.78 is 7.07. The van der Waals surface area contributed by atoms with Crippen LogP contribution in [0, 0.1) is 5.41 Å². The van der Waals surface area contributed by atoms with Gasteiger partial charge in [-0.25, -0.2) is 0 Å². The SMILES string of the molecule is CCC(O[Si](c1ccccc1)(c1ccccc1)C(C)(C)C)C1(C(=O)O)CC1. The molecule has 0 spiro atoms. The highest BCUT2D eigenvalue weighted by atomic mass is 28.4. The van der Waals surface area contributed by atoms with Gasteiger partial charge in [-0.15, -0.1) is 0 Å². The lowest BCUT2D eigenvalue weighted by molar-refractivity contribution is -0.147. The maximum absolute atomic E-state index is 12.0. The van der Waals surface area contributed by atoms with Crippen LogP contribution >= 0.6 is 0 Å². The third-order valence-corrected chi connectivity index (χ3v) is 11.0. The Labute approximate surface area is 163 Å². The van der Waals surface area contributed by atoms with E-state index in [0.29, 0.717) is 19.3 Å². The smallest absolute Gasteiger partial charge is 0.312 e. The minimum absolute atomic E-state index is 0.141. The van der Waals surface area contributed by atoms with Crippen molar-refractivity contribution < 1.29 is 14.3 Å². The van der Waals surface area contributed by atoms with Gasteiger partial charge in [-0.05, 0) is 34.7 Å². The molecule has 2 aromatic rings. The molecule has 1 aliphatic carbocycles. The van der Waals surface area contributed by atoms with E-state index in [9.17, 15) is 9.90 Å². The van der Waals surface area contributed by atoms with Gasteiger partial charge < -0.3 is 9.53 Å². The van der Waals surface area contributed by atoms with Crippen LogP contribution in [0.4, 0.5) is 0 Å². The second kappa shape index (κ2) is 7.25. The molecular weight excluding hydrogens is 352 g/mol. The number of aliphatic carboxylic acids is 1. The number of benzene rings is 2. The molecule has 1 saturated carbocycles. The zero-order valence-electron chi connectivity index (χ0n) is 16.7. The Morgan fingerprint density at radius 2 is 1.48 bits per heavy atom. The van der Waals surface area contributed by atoms with E-state index in [2.05, 4.69) is 69.3 Å². The summed E-state index contributed by atoms with van der Waals surface area (Å²) >= 11 is 0. The molecule has 0 aromatic heterocycles. The quantitative estimate of drug-likeness (QED) is 0.730. The highest BCUT2D eigenvalue weighted by Gasteiger charge is 2.60. The summed E-state index contributed by atoms with van der Waals surface area (Å²) in [6.07, 6.45) is 1.84. The van der Waals surface area contributed by atoms with Gasteiger partial charge >= 0.3 is 5.97 Å². The molecule has 2 aromatic carbocycles. The lowest BCUT2D eigenvalue weighted by Gasteiger charge is -2.46. The van der Waals surface area contributed by atoms with E-state index in [1.807, 2.05) is 19.1 Å². The van der Waals surface area contributed by atoms with Crippen molar-refractivity contribution in [2.24, 2.45) is 5.41 Å². The molecule has 0 heterocycles. The third-order valence-electron chi connectivity index (χ3n) is 5.94. The highest BCUT2D eigenvalue weighted by Crippen LogP contribution is 2.53. The first kappa shape index (κ1) is 19.8. The van der Waals surface area contributed by atoms with Crippen molar-refractivity contribution in [3.63, 3.8) is 0 Å². The van der Waals surface area contributed by atoms with E-state index in [4.69, 9.17) is 4.43 Å². The minimum Gasteiger partial charge on any atom is -0.481 e. The van der Waals surface area contributed by atoms with Gasteiger partial charge in [-0.3, -0.25) is 4.79 Å². The number of carbonyl (C=O) groups is 1. The zero-order chi connectivity index (χ0) is 19.7. The lowest BCUT2D eigenvalue weighted by Crippen LogP contribution is -2.68. The summed E-state index contributed by atoms with van der Waals surface area (Å²) in [6.45, 7) is 8.73. The molecular formula is C23H30O3Si. The molecule has 1 N–H and O–H groups in total. The third kappa shape index (κ3) is 3.37. The first-order valence-electron chi connectivity index (χ1n) is 9.80. The van der Waals surface area contributed by atoms with Crippen LogP contribution in [0.1, 0.15) is 47.0 Å². The van der Waals surface area contributed by atoms with Crippen LogP contribution in [0.3, 0.4) is 0 Å². The molecule has 144 valence electrons. The fourth-order valence-corrected chi connectivity index (χ4v) is 9.13. The Balaban J connectivity index is 2.19. The molecule has 0 bridgehead atoms. The van der Waals surface area contributed by atoms with Crippen molar-refractivity contribution >= 4 is 24.7 Å². The zero-order valence-corrected chi connectivity index (χ0v) is 17.7. The number of rotatable bonds is 7. The minimum atomic E-state index is -2.71. The largest absolute Gasteiger partial charge is 0.481 e. The van der Waals surface area contributed by atoms with E-state index in [0.717, 1.165) is 0 Å². The summed E-state index contributed by atoms with van der Waals surface area (Å²) in [5, 5.41) is 12.1. The van der Waals surface area contributed by atoms with Gasteiger partial charge in [0.25, 0.3) is 8.32 Å². The molecule has 1 unspecified atom stereocenters. The van der Waals surface area contributed by atoms with Gasteiger partial charge in [-0.2, -0.15) is 0 Å². The van der Waals surface area contributed by atoms with Crippen LogP contribution in [-0.4, -0.2) is 25.5 Å². The van der Waals surface area contributed by atoms with Crippen LogP contribution in [0.5, 0.6) is 0 Å². The van der Waals surface area contributed by atoms with Crippen LogP contribution < -0.4 is 10.4 Å². The number of carboxylic acid groups (broad SMARTS) is 1. The molecule has 0 radical (unpaired) electrons. The predicted molar refractivity (Wildman–Crippen MR) is 112 cm³/mol. The molecule has 1 atom stereocenters. The molecule has 4 heteroatoms. The van der Waals surface area contributed by atoms with Crippen LogP contribution in [-0.2, 0) is 9.22 Å². The molecule has 0 saturated heterocycles. The fourth-order valence-electron chi connectivity index (χ4n) is 4.30. The molecule has 1 aliphatic rings. The van der Waals surface area contributed by atoms with E-state index < -0.39 is 19.7 Å². The van der Waals surface area contributed by atoms with Gasteiger partial charge in [0.1, 0.15) is 0 Å². The normalized spacial score (nSPS) is 17.3. The molecule has 0 amide bonds. The topological polar surface area (TPSA) is 46.5 Å². The van der Waals surface area contributed by atoms with Crippen molar-refractivity contribution in [1.29, 1.82) is 0 Å². The second-order valence-corrected chi connectivity index (χ2v) is 12.9. The van der Waals surface area contributed by atoms with Gasteiger partial charge in [0.15, 0.2) is 0 Å². The van der Waals surface area contributed by atoms with E-state index in [1.165, 1.54) is 10.4 Å². The van der Waals surface area contributed by atoms with Gasteiger partial charge in [0.05, 0.1) is 11.5 Å². The lowest BCUT2D eigenvalue weighted by atomic mass is 9.98. The van der Waals surface area contributed by atoms with E-state index in [-0.39, 0.29) is 11.1 Å². The molecule has 27 heavy (non-hydrogen) atoms. The maximum atomic E-state index is 12.0. The molecule has 1 fully saturated rings. The second-order valence-electron chi connectivity index (χ2n) is 8.64. The fraction of sp³-hybridized carbons (Fsp3) is 0.435. The van der Waals surface area contributed by atoms with Crippen molar-refractivity contribution in [3.8, 4) is 0 Å². The van der Waals surface area contributed by atoms with Crippen molar-refractivity contribution in [1.82, 2.24) is 0 Å². The number of hydrogen-bond donors (Lipinski definition) is 1. The highest BCUT2D eigenvalue weighted by molar-refractivity contribution is 6.99. The maximum Gasteiger partial charge on any atom is 0.312 e. The number of hydrogen-bond acceptors (Lipinski definition) is 2. The van der Waals surface area contributed by atoms with E-state index in [1.54, 1.807) is 0 Å². The van der Waals surface area contributed by atoms with Gasteiger partial charge in [0.2, 0.25) is 0 Å². The van der Waals surface area contributed by atoms with Crippen LogP contribution in [0.15, 0.2) is 60.7 Å². The first-order valence-corrected chi connectivity index (χ1v) is 11.7. The average Bonchev–Trinajstić information content (AvgIpc) is 3.45. The Kier molecular flexibility index (Phi) is 5.33. The van der Waals surface area contributed by atoms with Crippen molar-refractivity contribution in [3.05, 3.63) is 60.7 Å². The monoisotopic (exact) mass is 382 g/mol. The summed E-state index contributed by atoms with van der Waals surface area (Å²) in [5.41, 5.74) is -0.720. The van der Waals surface area contributed by atoms with Crippen molar-refractivity contribution in [2.45, 2.75) is 58.1 Å². The van der Waals surface area contributed by atoms with Gasteiger partial charge in [-0.1, -0.05) is 88.4 Å². The summed E-state index contributed by atoms with van der Waals surface area (Å²) in [7, 11) is -2.71. The summed E-state index contributed by atoms with van der Waals surface area (Å²) in [4.78, 5) is 12.0. The Bertz CT molecular complexity index is 737. The van der Waals surface area contributed by atoms with Crippen LogP contribution in [0.25, 0.3) is 0 Å². The number of carboxylic acids is 1. The van der Waals surface area contributed by atoms with Crippen LogP contribution in [0.2, 0.25) is 5.04 Å². The summed E-state index contributed by atoms with van der Waals surface area (Å²) in [6, 6.07) is 20.9. The molecule has 3 rings (SSSR count). The average molecular weight is 383 g/mol. The summed E-state index contributed by atoms with van der Waals surface area (Å²) in [5.74, 6) is -0.715. The van der Waals surface area contributed by atoms with Gasteiger partial charge in [0, 0.05) is 0 Å². The Hall–Kier alpha value is -1.91. The molecule has 3 nitrogen and oxygen atoms in total. The standard InChI is InChI=1S/C23H30O3Si/c1-5-20(23(16-17-23)21(24)25)26-27(22(2,3)4,18-12-8-6-9-13-18)19-14-10-7-11-15-19/h6-15,20H,5,16-17H2,1-4H3,(H,24,25). The molecule has 0 aliphatic heterocycles. The van der Waals surface area contributed by atoms with E-state index >= 15 is 0 Å². The Morgan fingerprint density at radius 3 is 1.78 bits per heavy atom. The first-order chi connectivity index (χ1) is 12.8.